The van der Waals surface area contributed by atoms with Gasteiger partial charge in [0.15, 0.2) is 0 Å². The highest BCUT2D eigenvalue weighted by Crippen LogP contribution is 2.23. The standard InChI is InChI=1S/C13H19N3OS.ClH/c1-15(2)8-6-10-9-16(3)13(18)11-5-4-7-14-12(11)17-10;/h4-5,7,10H,6,8-9H2,1-3H3;1H/t10-;/m1./s1. The van der Waals surface area contributed by atoms with Crippen LogP contribution in [0.3, 0.4) is 0 Å². The lowest BCUT2D eigenvalue weighted by Gasteiger charge is -2.22. The molecule has 0 fully saturated rings. The first-order valence-corrected chi connectivity index (χ1v) is 6.50. The average molecular weight is 302 g/mol. The molecular weight excluding hydrogens is 282 g/mol. The molecule has 4 nitrogen and oxygen atoms in total. The van der Waals surface area contributed by atoms with Crippen LogP contribution in [0, 0.1) is 0 Å². The lowest BCUT2D eigenvalue weighted by Crippen LogP contribution is -2.35. The summed E-state index contributed by atoms with van der Waals surface area (Å²) in [5, 5.41) is 0. The minimum atomic E-state index is 0. The Hall–Kier alpha value is -0.910. The highest BCUT2D eigenvalue weighted by molar-refractivity contribution is 7.80. The molecule has 0 aromatic carbocycles. The molecule has 0 radical (unpaired) electrons. The Morgan fingerprint density at radius 2 is 2.26 bits per heavy atom. The average Bonchev–Trinajstić information content (AvgIpc) is 2.46. The molecule has 0 unspecified atom stereocenters. The summed E-state index contributed by atoms with van der Waals surface area (Å²) in [6, 6.07) is 3.86. The Balaban J connectivity index is 0.00000180. The third-order valence-corrected chi connectivity index (χ3v) is 3.53. The molecule has 0 saturated heterocycles. The van der Waals surface area contributed by atoms with E-state index in [-0.39, 0.29) is 18.5 Å². The molecular formula is C13H20ClN3OS. The SMILES string of the molecule is CN(C)CC[C@@H]1CN(C)C(=S)c2cccnc2O1.Cl. The largest absolute Gasteiger partial charge is 0.472 e. The van der Waals surface area contributed by atoms with Gasteiger partial charge in [0.25, 0.3) is 0 Å². The lowest BCUT2D eigenvalue weighted by molar-refractivity contribution is 0.154. The summed E-state index contributed by atoms with van der Waals surface area (Å²) in [4.78, 5) is 9.33. The molecule has 0 amide bonds. The highest BCUT2D eigenvalue weighted by atomic mass is 35.5. The quantitative estimate of drug-likeness (QED) is 0.794. The predicted octanol–water partition coefficient (Wildman–Crippen LogP) is 1.82. The molecule has 0 saturated carbocycles. The second kappa shape index (κ2) is 7.03. The van der Waals surface area contributed by atoms with Crippen LogP contribution >= 0.6 is 24.6 Å². The van der Waals surface area contributed by atoms with Gasteiger partial charge in [-0.1, -0.05) is 12.2 Å². The van der Waals surface area contributed by atoms with Gasteiger partial charge in [-0.2, -0.15) is 0 Å². The molecule has 0 aliphatic carbocycles. The molecule has 19 heavy (non-hydrogen) atoms. The third-order valence-electron chi connectivity index (χ3n) is 3.00. The molecule has 0 bridgehead atoms. The van der Waals surface area contributed by atoms with E-state index in [1.165, 1.54) is 0 Å². The van der Waals surface area contributed by atoms with Crippen molar-refractivity contribution in [2.24, 2.45) is 0 Å². The Labute approximate surface area is 126 Å². The summed E-state index contributed by atoms with van der Waals surface area (Å²) < 4.78 is 5.98. The van der Waals surface area contributed by atoms with Crippen molar-refractivity contribution >= 4 is 29.6 Å². The van der Waals surface area contributed by atoms with Crippen LogP contribution in [-0.4, -0.2) is 60.1 Å². The van der Waals surface area contributed by atoms with E-state index in [4.69, 9.17) is 17.0 Å². The fourth-order valence-electron chi connectivity index (χ4n) is 1.99. The van der Waals surface area contributed by atoms with Crippen molar-refractivity contribution in [2.75, 3.05) is 34.2 Å². The number of pyridine rings is 1. The first kappa shape index (κ1) is 16.1. The molecule has 1 atom stereocenters. The van der Waals surface area contributed by atoms with Crippen molar-refractivity contribution in [1.29, 1.82) is 0 Å². The molecule has 106 valence electrons. The van der Waals surface area contributed by atoms with Crippen molar-refractivity contribution in [3.05, 3.63) is 23.9 Å². The second-order valence-electron chi connectivity index (χ2n) is 4.87. The van der Waals surface area contributed by atoms with Gasteiger partial charge in [0, 0.05) is 19.8 Å². The lowest BCUT2D eigenvalue weighted by atomic mass is 10.2. The monoisotopic (exact) mass is 301 g/mol. The van der Waals surface area contributed by atoms with Gasteiger partial charge >= 0.3 is 0 Å². The number of nitrogens with zero attached hydrogens (tertiary/aromatic N) is 3. The van der Waals surface area contributed by atoms with Crippen molar-refractivity contribution in [3.8, 4) is 5.88 Å². The summed E-state index contributed by atoms with van der Waals surface area (Å²) in [6.45, 7) is 1.80. The summed E-state index contributed by atoms with van der Waals surface area (Å²) >= 11 is 5.45. The number of thiocarbonyl (C=S) groups is 1. The molecule has 2 rings (SSSR count). The Bertz CT molecular complexity index is 442. The van der Waals surface area contributed by atoms with Crippen LogP contribution in [0.4, 0.5) is 0 Å². The predicted molar refractivity (Wildman–Crippen MR) is 83.4 cm³/mol. The summed E-state index contributed by atoms with van der Waals surface area (Å²) in [6.07, 6.45) is 2.85. The Morgan fingerprint density at radius 3 is 2.95 bits per heavy atom. The van der Waals surface area contributed by atoms with Crippen molar-refractivity contribution in [3.63, 3.8) is 0 Å². The van der Waals surface area contributed by atoms with Crippen molar-refractivity contribution < 1.29 is 4.74 Å². The number of rotatable bonds is 3. The summed E-state index contributed by atoms with van der Waals surface area (Å²) in [7, 11) is 6.14. The number of likely N-dealkylation sites (N-methyl/N-ethyl adjacent to an activating group) is 1. The van der Waals surface area contributed by atoms with Crippen molar-refractivity contribution in [2.45, 2.75) is 12.5 Å². The van der Waals surface area contributed by atoms with Crippen LogP contribution in [0.25, 0.3) is 0 Å². The number of halogens is 1. The number of hydrogen-bond acceptors (Lipinski definition) is 4. The Kier molecular flexibility index (Phi) is 5.97. The molecule has 0 spiro atoms. The van der Waals surface area contributed by atoms with Crippen LogP contribution in [0.5, 0.6) is 5.88 Å². The number of aromatic nitrogens is 1. The van der Waals surface area contributed by atoms with Crippen molar-refractivity contribution in [1.82, 2.24) is 14.8 Å². The van der Waals surface area contributed by atoms with Gasteiger partial charge in [0.1, 0.15) is 11.1 Å². The molecule has 1 aromatic heterocycles. The topological polar surface area (TPSA) is 28.6 Å². The second-order valence-corrected chi connectivity index (χ2v) is 5.26. The van der Waals surface area contributed by atoms with Crippen LogP contribution in [-0.2, 0) is 0 Å². The van der Waals surface area contributed by atoms with Gasteiger partial charge in [0.05, 0.1) is 12.1 Å². The van der Waals surface area contributed by atoms with E-state index in [1.54, 1.807) is 6.20 Å². The first-order chi connectivity index (χ1) is 8.58. The fourth-order valence-corrected chi connectivity index (χ4v) is 2.22. The van der Waals surface area contributed by atoms with E-state index in [0.717, 1.165) is 30.1 Å². The first-order valence-electron chi connectivity index (χ1n) is 6.10. The summed E-state index contributed by atoms with van der Waals surface area (Å²) in [5.41, 5.74) is 0.919. The van der Waals surface area contributed by atoms with Crippen LogP contribution in [0.1, 0.15) is 12.0 Å². The maximum absolute atomic E-state index is 5.98. The maximum Gasteiger partial charge on any atom is 0.224 e. The number of ether oxygens (including phenoxy) is 1. The number of fused-ring (bicyclic) bond motifs is 1. The zero-order chi connectivity index (χ0) is 13.1. The van der Waals surface area contributed by atoms with E-state index < -0.39 is 0 Å². The maximum atomic E-state index is 5.98. The zero-order valence-electron chi connectivity index (χ0n) is 11.5. The Morgan fingerprint density at radius 1 is 1.53 bits per heavy atom. The molecule has 6 heteroatoms. The van der Waals surface area contributed by atoms with Gasteiger partial charge in [-0.25, -0.2) is 4.98 Å². The molecule has 1 aromatic rings. The van der Waals surface area contributed by atoms with Crippen LogP contribution in [0.15, 0.2) is 18.3 Å². The van der Waals surface area contributed by atoms with Crippen LogP contribution in [0.2, 0.25) is 0 Å². The fraction of sp³-hybridized carbons (Fsp3) is 0.538. The minimum absolute atomic E-state index is 0. The van der Waals surface area contributed by atoms with E-state index in [2.05, 4.69) is 28.9 Å². The van der Waals surface area contributed by atoms with E-state index in [0.29, 0.717) is 5.88 Å². The van der Waals surface area contributed by atoms with Gasteiger partial charge in [0.2, 0.25) is 5.88 Å². The minimum Gasteiger partial charge on any atom is -0.472 e. The molecule has 1 aliphatic heterocycles. The van der Waals surface area contributed by atoms with Gasteiger partial charge in [-0.15, -0.1) is 12.4 Å². The van der Waals surface area contributed by atoms with Gasteiger partial charge in [-0.05, 0) is 32.6 Å². The van der Waals surface area contributed by atoms with Crippen LogP contribution < -0.4 is 4.74 Å². The number of hydrogen-bond donors (Lipinski definition) is 0. The molecule has 1 aliphatic rings. The molecule has 2 heterocycles. The van der Waals surface area contributed by atoms with E-state index in [1.807, 2.05) is 19.2 Å². The van der Waals surface area contributed by atoms with E-state index in [9.17, 15) is 0 Å². The normalized spacial score (nSPS) is 18.4. The van der Waals surface area contributed by atoms with Gasteiger partial charge in [-0.3, -0.25) is 0 Å². The molecule has 0 N–H and O–H groups in total. The zero-order valence-corrected chi connectivity index (χ0v) is 13.1. The van der Waals surface area contributed by atoms with E-state index >= 15 is 0 Å². The van der Waals surface area contributed by atoms with Gasteiger partial charge < -0.3 is 14.5 Å². The highest BCUT2D eigenvalue weighted by Gasteiger charge is 2.24. The third kappa shape index (κ3) is 4.03. The smallest absolute Gasteiger partial charge is 0.224 e. The summed E-state index contributed by atoms with van der Waals surface area (Å²) in [5.74, 6) is 0.663.